The van der Waals surface area contributed by atoms with Crippen LogP contribution in [0.5, 0.6) is 0 Å². The molecular weight excluding hydrogens is 301 g/mol. The highest BCUT2D eigenvalue weighted by Gasteiger charge is 2.24. The van der Waals surface area contributed by atoms with E-state index in [2.05, 4.69) is 16.0 Å². The summed E-state index contributed by atoms with van der Waals surface area (Å²) in [6.45, 7) is 3.08. The summed E-state index contributed by atoms with van der Waals surface area (Å²) in [6.07, 6.45) is 0.0793. The molecule has 0 radical (unpaired) electrons. The van der Waals surface area contributed by atoms with Gasteiger partial charge in [0, 0.05) is 11.6 Å². The third-order valence-electron chi connectivity index (χ3n) is 3.33. The monoisotopic (exact) mass is 317 g/mol. The fraction of sp³-hybridized carbons (Fsp3) is 0.462. The Morgan fingerprint density at radius 3 is 2.90 bits per heavy atom. The topological polar surface area (TPSA) is 73.4 Å². The molecule has 4 N–H and O–H groups in total. The fourth-order valence-electron chi connectivity index (χ4n) is 2.08. The number of rotatable bonds is 2. The second-order valence-corrected chi connectivity index (χ2v) is 5.58. The van der Waals surface area contributed by atoms with Crippen LogP contribution in [0.2, 0.25) is 10.0 Å². The van der Waals surface area contributed by atoms with Crippen molar-refractivity contribution in [3.8, 4) is 0 Å². The predicted molar refractivity (Wildman–Crippen MR) is 80.6 cm³/mol. The van der Waals surface area contributed by atoms with E-state index in [1.165, 1.54) is 0 Å². The zero-order valence-corrected chi connectivity index (χ0v) is 12.6. The van der Waals surface area contributed by atoms with Crippen molar-refractivity contribution in [1.82, 2.24) is 10.6 Å². The summed E-state index contributed by atoms with van der Waals surface area (Å²) in [5.41, 5.74) is 1.20. The number of nitrogens with one attached hydrogen (secondary N) is 3. The normalized spacial score (nSPS) is 22.4. The number of carbonyl (C=O) groups excluding carboxylic acids is 1. The van der Waals surface area contributed by atoms with E-state index >= 15 is 0 Å². The van der Waals surface area contributed by atoms with Gasteiger partial charge in [-0.3, -0.25) is 0 Å². The van der Waals surface area contributed by atoms with Crippen molar-refractivity contribution in [2.75, 3.05) is 18.4 Å². The van der Waals surface area contributed by atoms with Crippen LogP contribution in [-0.2, 0) is 0 Å². The zero-order chi connectivity index (χ0) is 14.7. The van der Waals surface area contributed by atoms with Crippen molar-refractivity contribution in [2.24, 2.45) is 0 Å². The minimum absolute atomic E-state index is 0.309. The van der Waals surface area contributed by atoms with Crippen LogP contribution in [0.15, 0.2) is 12.1 Å². The number of anilines is 1. The van der Waals surface area contributed by atoms with Gasteiger partial charge in [0.05, 0.1) is 22.9 Å². The molecular formula is C13H17Cl2N3O2. The Morgan fingerprint density at radius 2 is 2.20 bits per heavy atom. The van der Waals surface area contributed by atoms with Crippen LogP contribution < -0.4 is 16.0 Å². The second-order valence-electron chi connectivity index (χ2n) is 4.80. The van der Waals surface area contributed by atoms with Gasteiger partial charge in [0.1, 0.15) is 0 Å². The Morgan fingerprint density at radius 1 is 1.45 bits per heavy atom. The second kappa shape index (κ2) is 6.63. The summed E-state index contributed by atoms with van der Waals surface area (Å²) in [5, 5.41) is 19.3. The summed E-state index contributed by atoms with van der Waals surface area (Å²) >= 11 is 12.1. The lowest BCUT2D eigenvalue weighted by Crippen LogP contribution is -2.54. The van der Waals surface area contributed by atoms with Crippen LogP contribution >= 0.6 is 23.2 Å². The van der Waals surface area contributed by atoms with Crippen LogP contribution in [0.4, 0.5) is 10.5 Å². The molecule has 1 aliphatic rings. The number of hydrogen-bond acceptors (Lipinski definition) is 3. The van der Waals surface area contributed by atoms with Crippen LogP contribution in [0.25, 0.3) is 0 Å². The quantitative estimate of drug-likeness (QED) is 0.675. The Labute approximate surface area is 127 Å². The molecule has 1 saturated heterocycles. The molecule has 2 unspecified atom stereocenters. The number of aliphatic hydroxyl groups is 1. The third-order valence-corrected chi connectivity index (χ3v) is 4.23. The molecule has 0 saturated carbocycles. The summed E-state index contributed by atoms with van der Waals surface area (Å²) < 4.78 is 0. The van der Waals surface area contributed by atoms with Crippen LogP contribution in [0.3, 0.4) is 0 Å². The van der Waals surface area contributed by atoms with E-state index < -0.39 is 12.1 Å². The Balaban J connectivity index is 1.99. The molecule has 0 spiro atoms. The van der Waals surface area contributed by atoms with Crippen molar-refractivity contribution in [2.45, 2.75) is 25.5 Å². The summed E-state index contributed by atoms with van der Waals surface area (Å²) in [4.78, 5) is 11.9. The number of amides is 2. The lowest BCUT2D eigenvalue weighted by molar-refractivity contribution is 0.103. The van der Waals surface area contributed by atoms with Crippen LogP contribution in [0.1, 0.15) is 12.0 Å². The Bertz CT molecular complexity index is 511. The SMILES string of the molecule is Cc1c(Cl)ccc(NC(=O)NC2CNCCC2O)c1Cl. The van der Waals surface area contributed by atoms with Gasteiger partial charge in [-0.1, -0.05) is 23.2 Å². The molecule has 0 aliphatic carbocycles. The van der Waals surface area contributed by atoms with E-state index in [9.17, 15) is 9.90 Å². The molecule has 1 heterocycles. The van der Waals surface area contributed by atoms with Gasteiger partial charge in [-0.25, -0.2) is 4.79 Å². The average Bonchev–Trinajstić information content (AvgIpc) is 2.42. The molecule has 2 rings (SSSR count). The highest BCUT2D eigenvalue weighted by molar-refractivity contribution is 6.38. The number of benzene rings is 1. The maximum atomic E-state index is 11.9. The lowest BCUT2D eigenvalue weighted by atomic mass is 10.0. The minimum Gasteiger partial charge on any atom is -0.391 e. The number of carbonyl (C=O) groups is 1. The van der Waals surface area contributed by atoms with Crippen molar-refractivity contribution in [1.29, 1.82) is 0 Å². The lowest BCUT2D eigenvalue weighted by Gasteiger charge is -2.29. The molecule has 110 valence electrons. The molecule has 5 nitrogen and oxygen atoms in total. The summed E-state index contributed by atoms with van der Waals surface area (Å²) in [7, 11) is 0. The Kier molecular flexibility index (Phi) is 5.10. The van der Waals surface area contributed by atoms with Gasteiger partial charge < -0.3 is 21.1 Å². The van der Waals surface area contributed by atoms with Gasteiger partial charge in [-0.05, 0) is 37.6 Å². The number of urea groups is 1. The zero-order valence-electron chi connectivity index (χ0n) is 11.0. The van der Waals surface area contributed by atoms with Gasteiger partial charge >= 0.3 is 6.03 Å². The fourth-order valence-corrected chi connectivity index (χ4v) is 2.49. The Hall–Kier alpha value is -1.01. The van der Waals surface area contributed by atoms with Crippen molar-refractivity contribution >= 4 is 34.9 Å². The molecule has 1 aliphatic heterocycles. The first-order valence-electron chi connectivity index (χ1n) is 6.40. The maximum absolute atomic E-state index is 11.9. The van der Waals surface area contributed by atoms with E-state index in [-0.39, 0.29) is 6.04 Å². The first kappa shape index (κ1) is 15.4. The van der Waals surface area contributed by atoms with Gasteiger partial charge in [-0.2, -0.15) is 0 Å². The van der Waals surface area contributed by atoms with Crippen molar-refractivity contribution in [3.05, 3.63) is 27.7 Å². The minimum atomic E-state index is -0.538. The van der Waals surface area contributed by atoms with Gasteiger partial charge in [0.25, 0.3) is 0 Å². The van der Waals surface area contributed by atoms with Crippen LogP contribution in [0, 0.1) is 6.92 Å². The first-order valence-corrected chi connectivity index (χ1v) is 7.15. The smallest absolute Gasteiger partial charge is 0.319 e. The maximum Gasteiger partial charge on any atom is 0.319 e. The number of hydrogen-bond donors (Lipinski definition) is 4. The third kappa shape index (κ3) is 3.55. The number of halogens is 2. The van der Waals surface area contributed by atoms with E-state index in [0.717, 1.165) is 6.54 Å². The largest absolute Gasteiger partial charge is 0.391 e. The molecule has 2 amide bonds. The number of piperidine rings is 1. The summed E-state index contributed by atoms with van der Waals surface area (Å²) in [5.74, 6) is 0. The highest BCUT2D eigenvalue weighted by Crippen LogP contribution is 2.30. The molecule has 1 fully saturated rings. The standard InChI is InChI=1S/C13H17Cl2N3O2/c1-7-8(14)2-3-9(12(7)15)17-13(20)18-10-6-16-5-4-11(10)19/h2-3,10-11,16,19H,4-6H2,1H3,(H2,17,18,20). The van der Waals surface area contributed by atoms with E-state index in [0.29, 0.717) is 34.3 Å². The summed E-state index contributed by atoms with van der Waals surface area (Å²) in [6, 6.07) is 2.61. The number of aliphatic hydroxyl groups excluding tert-OH is 1. The average molecular weight is 318 g/mol. The van der Waals surface area contributed by atoms with E-state index in [4.69, 9.17) is 23.2 Å². The van der Waals surface area contributed by atoms with Crippen molar-refractivity contribution < 1.29 is 9.90 Å². The van der Waals surface area contributed by atoms with E-state index in [1.54, 1.807) is 19.1 Å². The molecule has 20 heavy (non-hydrogen) atoms. The van der Waals surface area contributed by atoms with Crippen molar-refractivity contribution in [3.63, 3.8) is 0 Å². The predicted octanol–water partition coefficient (Wildman–Crippen LogP) is 2.15. The molecule has 2 atom stereocenters. The molecule has 0 bridgehead atoms. The van der Waals surface area contributed by atoms with Gasteiger partial charge in [0.2, 0.25) is 0 Å². The molecule has 7 heteroatoms. The van der Waals surface area contributed by atoms with E-state index in [1.807, 2.05) is 0 Å². The van der Waals surface area contributed by atoms with Gasteiger partial charge in [-0.15, -0.1) is 0 Å². The van der Waals surface area contributed by atoms with Crippen LogP contribution in [-0.4, -0.2) is 36.4 Å². The molecule has 1 aromatic carbocycles. The first-order chi connectivity index (χ1) is 9.49. The molecule has 0 aromatic heterocycles. The highest BCUT2D eigenvalue weighted by atomic mass is 35.5. The molecule has 1 aromatic rings. The van der Waals surface area contributed by atoms with Gasteiger partial charge in [0.15, 0.2) is 0 Å².